The fraction of sp³-hybridized carbons (Fsp3) is 0.667. The number of hydrogen-bond donors (Lipinski definition) is 2. The number of carbonyl (C=O) groups excluding carboxylic acids is 1. The minimum absolute atomic E-state index is 0.0572. The summed E-state index contributed by atoms with van der Waals surface area (Å²) < 4.78 is 4.92. The fourth-order valence-electron chi connectivity index (χ4n) is 1.07. The SMILES string of the molecule is NC(=O)C1COCCN1C(=O)O. The van der Waals surface area contributed by atoms with E-state index in [4.69, 9.17) is 15.6 Å². The number of primary amides is 1. The molecule has 1 atom stereocenters. The zero-order valence-corrected chi connectivity index (χ0v) is 6.40. The maximum atomic E-state index is 10.7. The molecule has 1 fully saturated rings. The highest BCUT2D eigenvalue weighted by Gasteiger charge is 2.30. The van der Waals surface area contributed by atoms with E-state index in [0.29, 0.717) is 6.61 Å². The molecule has 0 saturated carbocycles. The molecule has 1 rings (SSSR count). The Morgan fingerprint density at radius 3 is 2.67 bits per heavy atom. The van der Waals surface area contributed by atoms with Gasteiger partial charge in [0.25, 0.3) is 0 Å². The molecule has 1 aliphatic rings. The Labute approximate surface area is 68.9 Å². The third-order valence-corrected chi connectivity index (χ3v) is 1.70. The van der Waals surface area contributed by atoms with Gasteiger partial charge in [-0.25, -0.2) is 4.79 Å². The van der Waals surface area contributed by atoms with Crippen LogP contribution < -0.4 is 5.73 Å². The number of carboxylic acid groups (broad SMARTS) is 1. The van der Waals surface area contributed by atoms with E-state index in [9.17, 15) is 9.59 Å². The lowest BCUT2D eigenvalue weighted by Gasteiger charge is -2.30. The molecular formula is C6H10N2O4. The first-order valence-electron chi connectivity index (χ1n) is 3.49. The van der Waals surface area contributed by atoms with Gasteiger partial charge >= 0.3 is 6.09 Å². The van der Waals surface area contributed by atoms with Crippen molar-refractivity contribution in [3.05, 3.63) is 0 Å². The van der Waals surface area contributed by atoms with Gasteiger partial charge < -0.3 is 15.6 Å². The molecule has 0 radical (unpaired) electrons. The molecule has 0 aliphatic carbocycles. The van der Waals surface area contributed by atoms with Crippen molar-refractivity contribution >= 4 is 12.0 Å². The Morgan fingerprint density at radius 1 is 1.58 bits per heavy atom. The quantitative estimate of drug-likeness (QED) is 0.525. The summed E-state index contributed by atoms with van der Waals surface area (Å²) >= 11 is 0. The van der Waals surface area contributed by atoms with Gasteiger partial charge in [0.2, 0.25) is 5.91 Å². The van der Waals surface area contributed by atoms with Crippen molar-refractivity contribution in [3.63, 3.8) is 0 Å². The number of carbonyl (C=O) groups is 2. The summed E-state index contributed by atoms with van der Waals surface area (Å²) in [6.07, 6.45) is -1.14. The van der Waals surface area contributed by atoms with Crippen LogP contribution in [-0.2, 0) is 9.53 Å². The molecule has 68 valence electrons. The van der Waals surface area contributed by atoms with Crippen molar-refractivity contribution in [1.82, 2.24) is 4.90 Å². The van der Waals surface area contributed by atoms with E-state index in [1.165, 1.54) is 0 Å². The maximum Gasteiger partial charge on any atom is 0.408 e. The normalized spacial score (nSPS) is 23.7. The average molecular weight is 174 g/mol. The zero-order valence-electron chi connectivity index (χ0n) is 6.40. The molecule has 1 saturated heterocycles. The van der Waals surface area contributed by atoms with E-state index < -0.39 is 18.0 Å². The summed E-state index contributed by atoms with van der Waals surface area (Å²) in [4.78, 5) is 22.2. The van der Waals surface area contributed by atoms with Gasteiger partial charge in [-0.05, 0) is 0 Å². The van der Waals surface area contributed by atoms with Crippen LogP contribution in [0, 0.1) is 0 Å². The molecule has 6 heteroatoms. The standard InChI is InChI=1S/C6H10N2O4/c7-5(9)4-3-12-2-1-8(4)6(10)11/h4H,1-3H2,(H2,7,9)(H,10,11). The summed E-state index contributed by atoms with van der Waals surface area (Å²) in [5.74, 6) is -0.669. The molecule has 6 nitrogen and oxygen atoms in total. The largest absolute Gasteiger partial charge is 0.465 e. The highest BCUT2D eigenvalue weighted by Crippen LogP contribution is 2.05. The minimum atomic E-state index is -1.14. The number of morpholine rings is 1. The third-order valence-electron chi connectivity index (χ3n) is 1.70. The summed E-state index contributed by atoms with van der Waals surface area (Å²) in [6, 6.07) is -0.837. The highest BCUT2D eigenvalue weighted by molar-refractivity contribution is 5.84. The van der Waals surface area contributed by atoms with Crippen LogP contribution in [0.3, 0.4) is 0 Å². The second-order valence-electron chi connectivity index (χ2n) is 2.47. The Kier molecular flexibility index (Phi) is 2.49. The van der Waals surface area contributed by atoms with Crippen LogP contribution in [0.2, 0.25) is 0 Å². The lowest BCUT2D eigenvalue weighted by Crippen LogP contribution is -2.54. The predicted octanol–water partition coefficient (Wildman–Crippen LogP) is -1.15. The molecule has 3 N–H and O–H groups in total. The van der Waals surface area contributed by atoms with Gasteiger partial charge in [-0.1, -0.05) is 0 Å². The van der Waals surface area contributed by atoms with Crippen molar-refractivity contribution in [3.8, 4) is 0 Å². The Bertz CT molecular complexity index is 184. The first-order chi connectivity index (χ1) is 5.63. The van der Waals surface area contributed by atoms with Crippen LogP contribution in [-0.4, -0.2) is 47.8 Å². The van der Waals surface area contributed by atoms with Crippen LogP contribution in [0.25, 0.3) is 0 Å². The van der Waals surface area contributed by atoms with E-state index in [-0.39, 0.29) is 13.2 Å². The smallest absolute Gasteiger partial charge is 0.408 e. The van der Waals surface area contributed by atoms with E-state index in [0.717, 1.165) is 4.90 Å². The molecule has 0 bridgehead atoms. The third kappa shape index (κ3) is 1.65. The molecule has 0 aromatic carbocycles. The summed E-state index contributed by atoms with van der Waals surface area (Å²) in [7, 11) is 0. The van der Waals surface area contributed by atoms with Crippen LogP contribution in [0.15, 0.2) is 0 Å². The van der Waals surface area contributed by atoms with Crippen LogP contribution in [0.5, 0.6) is 0 Å². The number of amides is 2. The molecule has 1 heterocycles. The second-order valence-corrected chi connectivity index (χ2v) is 2.47. The van der Waals surface area contributed by atoms with Gasteiger partial charge in [-0.15, -0.1) is 0 Å². The van der Waals surface area contributed by atoms with E-state index >= 15 is 0 Å². The van der Waals surface area contributed by atoms with Crippen molar-refractivity contribution < 1.29 is 19.4 Å². The van der Waals surface area contributed by atoms with Crippen molar-refractivity contribution in [2.75, 3.05) is 19.8 Å². The number of hydrogen-bond acceptors (Lipinski definition) is 3. The van der Waals surface area contributed by atoms with Crippen LogP contribution in [0.1, 0.15) is 0 Å². The van der Waals surface area contributed by atoms with Gasteiger partial charge in [0.05, 0.1) is 13.2 Å². The average Bonchev–Trinajstić information content (AvgIpc) is 2.04. The summed E-state index contributed by atoms with van der Waals surface area (Å²) in [5.41, 5.74) is 4.97. The Hall–Kier alpha value is -1.30. The first-order valence-corrected chi connectivity index (χ1v) is 3.49. The molecule has 1 unspecified atom stereocenters. The van der Waals surface area contributed by atoms with Crippen LogP contribution >= 0.6 is 0 Å². The van der Waals surface area contributed by atoms with E-state index in [1.54, 1.807) is 0 Å². The van der Waals surface area contributed by atoms with Gasteiger partial charge in [0.15, 0.2) is 0 Å². The lowest BCUT2D eigenvalue weighted by atomic mass is 10.2. The second kappa shape index (κ2) is 3.40. The molecule has 2 amide bonds. The van der Waals surface area contributed by atoms with Crippen molar-refractivity contribution in [1.29, 1.82) is 0 Å². The molecular weight excluding hydrogens is 164 g/mol. The highest BCUT2D eigenvalue weighted by atomic mass is 16.5. The van der Waals surface area contributed by atoms with Gasteiger partial charge in [0, 0.05) is 6.54 Å². The minimum Gasteiger partial charge on any atom is -0.465 e. The number of ether oxygens (including phenoxy) is 1. The zero-order chi connectivity index (χ0) is 9.14. The topological polar surface area (TPSA) is 92.9 Å². The Balaban J connectivity index is 2.67. The Morgan fingerprint density at radius 2 is 2.25 bits per heavy atom. The number of nitrogens with zero attached hydrogens (tertiary/aromatic N) is 1. The molecule has 0 spiro atoms. The van der Waals surface area contributed by atoms with Gasteiger partial charge in [-0.3, -0.25) is 9.69 Å². The number of nitrogens with two attached hydrogens (primary N) is 1. The molecule has 12 heavy (non-hydrogen) atoms. The monoisotopic (exact) mass is 174 g/mol. The molecule has 1 aliphatic heterocycles. The van der Waals surface area contributed by atoms with Gasteiger partial charge in [-0.2, -0.15) is 0 Å². The summed E-state index contributed by atoms with van der Waals surface area (Å²) in [5, 5.41) is 8.62. The lowest BCUT2D eigenvalue weighted by molar-refractivity contribution is -0.127. The molecule has 0 aromatic heterocycles. The fourth-order valence-corrected chi connectivity index (χ4v) is 1.07. The van der Waals surface area contributed by atoms with Gasteiger partial charge in [0.1, 0.15) is 6.04 Å². The van der Waals surface area contributed by atoms with Crippen LogP contribution in [0.4, 0.5) is 4.79 Å². The number of rotatable bonds is 1. The summed E-state index contributed by atoms with van der Waals surface area (Å²) in [6.45, 7) is 0.570. The predicted molar refractivity (Wildman–Crippen MR) is 38.5 cm³/mol. The van der Waals surface area contributed by atoms with Crippen molar-refractivity contribution in [2.24, 2.45) is 5.73 Å². The maximum absolute atomic E-state index is 10.7. The molecule has 0 aromatic rings. The van der Waals surface area contributed by atoms with Crippen molar-refractivity contribution in [2.45, 2.75) is 6.04 Å². The van der Waals surface area contributed by atoms with E-state index in [2.05, 4.69) is 0 Å². The first kappa shape index (κ1) is 8.79. The van der Waals surface area contributed by atoms with E-state index in [1.807, 2.05) is 0 Å².